The first-order valence-corrected chi connectivity index (χ1v) is 10.5. The second kappa shape index (κ2) is 9.20. The lowest BCUT2D eigenvalue weighted by Gasteiger charge is -2.22. The Labute approximate surface area is 150 Å². The molecule has 7 heteroatoms. The Morgan fingerprint density at radius 1 is 1.16 bits per heavy atom. The topological polar surface area (TPSA) is 66.9 Å². The summed E-state index contributed by atoms with van der Waals surface area (Å²) in [6.45, 7) is 5.72. The zero-order valence-corrected chi connectivity index (χ0v) is 15.9. The summed E-state index contributed by atoms with van der Waals surface area (Å²) in [7, 11) is -3.21. The monoisotopic (exact) mass is 368 g/mol. The van der Waals surface area contributed by atoms with Gasteiger partial charge >= 0.3 is 0 Å². The van der Waals surface area contributed by atoms with Crippen LogP contribution in [-0.4, -0.2) is 62.1 Å². The second-order valence-electron chi connectivity index (χ2n) is 6.36. The van der Waals surface area contributed by atoms with Crippen LogP contribution in [0.15, 0.2) is 24.3 Å². The van der Waals surface area contributed by atoms with Crippen molar-refractivity contribution in [1.29, 1.82) is 0 Å². The number of sulfonamides is 1. The minimum atomic E-state index is -3.21. The number of carbonyl (C=O) groups is 1. The smallest absolute Gasteiger partial charge is 0.260 e. The second-order valence-corrected chi connectivity index (χ2v) is 8.45. The molecule has 1 aromatic carbocycles. The first kappa shape index (κ1) is 19.7. The van der Waals surface area contributed by atoms with E-state index in [-0.39, 0.29) is 18.3 Å². The first-order valence-electron chi connectivity index (χ1n) is 8.88. The van der Waals surface area contributed by atoms with Crippen molar-refractivity contribution in [2.45, 2.75) is 33.1 Å². The van der Waals surface area contributed by atoms with Crippen molar-refractivity contribution in [3.05, 3.63) is 29.8 Å². The number of rotatable bonds is 7. The highest BCUT2D eigenvalue weighted by Gasteiger charge is 2.26. The average molecular weight is 368 g/mol. The minimum Gasteiger partial charge on any atom is -0.484 e. The van der Waals surface area contributed by atoms with E-state index in [1.54, 1.807) is 4.90 Å². The molecule has 1 aliphatic rings. The molecule has 1 aromatic rings. The van der Waals surface area contributed by atoms with Crippen LogP contribution in [0.3, 0.4) is 0 Å². The number of amides is 1. The molecular formula is C18H28N2O4S. The van der Waals surface area contributed by atoms with E-state index in [0.717, 1.165) is 12.0 Å². The van der Waals surface area contributed by atoms with Gasteiger partial charge in [-0.1, -0.05) is 31.5 Å². The largest absolute Gasteiger partial charge is 0.484 e. The molecule has 1 heterocycles. The lowest BCUT2D eigenvalue weighted by molar-refractivity contribution is -0.133. The van der Waals surface area contributed by atoms with Crippen LogP contribution in [-0.2, 0) is 14.8 Å². The number of benzene rings is 1. The summed E-state index contributed by atoms with van der Waals surface area (Å²) in [6, 6.07) is 7.57. The van der Waals surface area contributed by atoms with Crippen LogP contribution in [0.25, 0.3) is 0 Å². The van der Waals surface area contributed by atoms with Crippen molar-refractivity contribution in [1.82, 2.24) is 9.21 Å². The minimum absolute atomic E-state index is 0.0204. The first-order chi connectivity index (χ1) is 11.9. The molecule has 0 bridgehead atoms. The van der Waals surface area contributed by atoms with E-state index >= 15 is 0 Å². The Morgan fingerprint density at radius 3 is 2.64 bits per heavy atom. The van der Waals surface area contributed by atoms with E-state index in [4.69, 9.17) is 4.74 Å². The maximum atomic E-state index is 12.4. The van der Waals surface area contributed by atoms with Crippen molar-refractivity contribution in [3.63, 3.8) is 0 Å². The molecule has 2 rings (SSSR count). The van der Waals surface area contributed by atoms with Gasteiger partial charge in [-0.3, -0.25) is 4.79 Å². The summed E-state index contributed by atoms with van der Waals surface area (Å²) >= 11 is 0. The van der Waals surface area contributed by atoms with Crippen LogP contribution < -0.4 is 4.74 Å². The Kier molecular flexibility index (Phi) is 7.25. The number of carbonyl (C=O) groups excluding carboxylic acids is 1. The van der Waals surface area contributed by atoms with E-state index in [9.17, 15) is 13.2 Å². The number of hydrogen-bond acceptors (Lipinski definition) is 4. The molecule has 0 N–H and O–H groups in total. The maximum absolute atomic E-state index is 12.4. The molecule has 0 spiro atoms. The number of para-hydroxylation sites is 1. The maximum Gasteiger partial charge on any atom is 0.260 e. The van der Waals surface area contributed by atoms with E-state index in [2.05, 4.69) is 0 Å². The van der Waals surface area contributed by atoms with Crippen molar-refractivity contribution < 1.29 is 17.9 Å². The molecule has 0 aromatic heterocycles. The molecule has 0 saturated carbocycles. The third kappa shape index (κ3) is 5.71. The van der Waals surface area contributed by atoms with Crippen molar-refractivity contribution >= 4 is 15.9 Å². The van der Waals surface area contributed by atoms with Gasteiger partial charge in [0.15, 0.2) is 6.61 Å². The van der Waals surface area contributed by atoms with Crippen LogP contribution in [0.4, 0.5) is 0 Å². The van der Waals surface area contributed by atoms with E-state index < -0.39 is 10.0 Å². The lowest BCUT2D eigenvalue weighted by atomic mass is 10.2. The van der Waals surface area contributed by atoms with Gasteiger partial charge in [0.1, 0.15) is 5.75 Å². The zero-order valence-electron chi connectivity index (χ0n) is 15.1. The van der Waals surface area contributed by atoms with Crippen LogP contribution in [0.2, 0.25) is 0 Å². The van der Waals surface area contributed by atoms with Gasteiger partial charge in [-0.05, 0) is 31.4 Å². The summed E-state index contributed by atoms with van der Waals surface area (Å²) in [4.78, 5) is 14.1. The molecule has 6 nitrogen and oxygen atoms in total. The number of hydrogen-bond donors (Lipinski definition) is 0. The van der Waals surface area contributed by atoms with Crippen molar-refractivity contribution in [2.24, 2.45) is 0 Å². The third-order valence-electron chi connectivity index (χ3n) is 4.40. The Bertz CT molecular complexity index is 675. The molecule has 140 valence electrons. The summed E-state index contributed by atoms with van der Waals surface area (Å²) in [5.41, 5.74) is 0.986. The predicted molar refractivity (Wildman–Crippen MR) is 98.1 cm³/mol. The molecule has 0 aliphatic carbocycles. The van der Waals surface area contributed by atoms with E-state index in [1.165, 1.54) is 4.31 Å². The van der Waals surface area contributed by atoms with Crippen LogP contribution in [0.5, 0.6) is 5.75 Å². The van der Waals surface area contributed by atoms with Crippen LogP contribution in [0.1, 0.15) is 31.7 Å². The highest BCUT2D eigenvalue weighted by atomic mass is 32.2. The molecule has 1 aliphatic heterocycles. The fourth-order valence-electron chi connectivity index (χ4n) is 2.83. The predicted octanol–water partition coefficient (Wildman–Crippen LogP) is 2.04. The highest BCUT2D eigenvalue weighted by Crippen LogP contribution is 2.16. The van der Waals surface area contributed by atoms with Gasteiger partial charge in [-0.2, -0.15) is 0 Å². The quantitative estimate of drug-likeness (QED) is 0.739. The molecule has 1 saturated heterocycles. The summed E-state index contributed by atoms with van der Waals surface area (Å²) in [5.74, 6) is 0.791. The van der Waals surface area contributed by atoms with Gasteiger partial charge in [0.05, 0.1) is 5.75 Å². The lowest BCUT2D eigenvalue weighted by Crippen LogP contribution is -2.39. The van der Waals surface area contributed by atoms with Gasteiger partial charge in [-0.15, -0.1) is 0 Å². The molecule has 25 heavy (non-hydrogen) atoms. The van der Waals surface area contributed by atoms with Gasteiger partial charge in [0, 0.05) is 26.2 Å². The molecule has 1 fully saturated rings. The number of ether oxygens (including phenoxy) is 1. The number of unbranched alkanes of at least 4 members (excludes halogenated alkanes) is 1. The normalized spacial score (nSPS) is 16.5. The summed E-state index contributed by atoms with van der Waals surface area (Å²) < 4.78 is 31.8. The van der Waals surface area contributed by atoms with E-state index in [0.29, 0.717) is 44.8 Å². The summed E-state index contributed by atoms with van der Waals surface area (Å²) in [5, 5.41) is 0. The average Bonchev–Trinajstić information content (AvgIpc) is 2.86. The fraction of sp³-hybridized carbons (Fsp3) is 0.611. The highest BCUT2D eigenvalue weighted by molar-refractivity contribution is 7.89. The van der Waals surface area contributed by atoms with Crippen molar-refractivity contribution in [3.8, 4) is 5.75 Å². The van der Waals surface area contributed by atoms with Crippen LogP contribution >= 0.6 is 0 Å². The Morgan fingerprint density at radius 2 is 1.92 bits per heavy atom. The Balaban J connectivity index is 1.87. The number of nitrogens with zero attached hydrogens (tertiary/aromatic N) is 2. The van der Waals surface area contributed by atoms with Gasteiger partial charge in [-0.25, -0.2) is 12.7 Å². The van der Waals surface area contributed by atoms with Gasteiger partial charge < -0.3 is 9.64 Å². The molecule has 0 unspecified atom stereocenters. The molecule has 0 atom stereocenters. The fourth-order valence-corrected chi connectivity index (χ4v) is 4.51. The summed E-state index contributed by atoms with van der Waals surface area (Å²) in [6.07, 6.45) is 2.18. The van der Waals surface area contributed by atoms with Gasteiger partial charge in [0.25, 0.3) is 5.91 Å². The van der Waals surface area contributed by atoms with Crippen molar-refractivity contribution in [2.75, 3.05) is 38.5 Å². The van der Waals surface area contributed by atoms with Crippen LogP contribution in [0, 0.1) is 6.92 Å². The number of aryl methyl sites for hydroxylation is 1. The molecule has 0 radical (unpaired) electrons. The Hall–Kier alpha value is -1.60. The van der Waals surface area contributed by atoms with Gasteiger partial charge in [0.2, 0.25) is 10.0 Å². The standard InChI is InChI=1S/C18H28N2O4S/c1-3-4-14-25(22,23)20-11-7-10-19(12-13-20)18(21)15-24-17-9-6-5-8-16(17)2/h5-6,8-9H,3-4,7,10-15H2,1-2H3. The van der Waals surface area contributed by atoms with E-state index in [1.807, 2.05) is 38.1 Å². The SMILES string of the molecule is CCCCS(=O)(=O)N1CCCN(C(=O)COc2ccccc2C)CC1. The zero-order chi connectivity index (χ0) is 18.3. The molecule has 1 amide bonds. The third-order valence-corrected chi connectivity index (χ3v) is 6.36. The molecular weight excluding hydrogens is 340 g/mol.